The summed E-state index contributed by atoms with van der Waals surface area (Å²) < 4.78 is 5.41. The fourth-order valence-corrected chi connectivity index (χ4v) is 6.52. The van der Waals surface area contributed by atoms with Gasteiger partial charge >= 0.3 is 0 Å². The quantitative estimate of drug-likeness (QED) is 0.868. The summed E-state index contributed by atoms with van der Waals surface area (Å²) in [6, 6.07) is 6.73. The maximum atomic E-state index is 10.3. The Labute approximate surface area is 140 Å². The number of aliphatic hydroxyl groups is 1. The summed E-state index contributed by atoms with van der Waals surface area (Å²) in [5, 5.41) is 10.3. The molecule has 6 atom stereocenters. The predicted octanol–water partition coefficient (Wildman–Crippen LogP) is 4.55. The SMILES string of the molecule is COc1ccc2c(c1)CC[C@@H]1[C@@H]2CC[C@@]2(C)[C@@H]1CC[C@@H]2[C@@H](C)O. The van der Waals surface area contributed by atoms with Gasteiger partial charge in [0.25, 0.3) is 0 Å². The number of ether oxygens (including phenoxy) is 1. The number of rotatable bonds is 2. The zero-order valence-electron chi connectivity index (χ0n) is 14.7. The Morgan fingerprint density at radius 3 is 2.78 bits per heavy atom. The van der Waals surface area contributed by atoms with Crippen LogP contribution in [0.4, 0.5) is 0 Å². The van der Waals surface area contributed by atoms with Gasteiger partial charge in [0.15, 0.2) is 0 Å². The smallest absolute Gasteiger partial charge is 0.119 e. The monoisotopic (exact) mass is 314 g/mol. The van der Waals surface area contributed by atoms with Crippen molar-refractivity contribution in [3.63, 3.8) is 0 Å². The second kappa shape index (κ2) is 5.51. The highest BCUT2D eigenvalue weighted by molar-refractivity contribution is 5.40. The normalized spacial score (nSPS) is 40.0. The van der Waals surface area contributed by atoms with E-state index in [-0.39, 0.29) is 6.10 Å². The number of aryl methyl sites for hydroxylation is 1. The highest BCUT2D eigenvalue weighted by Gasteiger charge is 2.55. The third kappa shape index (κ3) is 2.25. The van der Waals surface area contributed by atoms with E-state index in [4.69, 9.17) is 4.74 Å². The molecule has 0 heterocycles. The third-order valence-electron chi connectivity index (χ3n) is 7.59. The second-order valence-electron chi connectivity index (χ2n) is 8.45. The number of aliphatic hydroxyl groups excluding tert-OH is 1. The minimum atomic E-state index is -0.151. The second-order valence-corrected chi connectivity index (χ2v) is 8.45. The van der Waals surface area contributed by atoms with Crippen molar-refractivity contribution in [3.05, 3.63) is 29.3 Å². The lowest BCUT2D eigenvalue weighted by Crippen LogP contribution is -2.44. The predicted molar refractivity (Wildman–Crippen MR) is 92.8 cm³/mol. The van der Waals surface area contributed by atoms with Crippen molar-refractivity contribution in [1.82, 2.24) is 0 Å². The molecule has 0 aliphatic heterocycles. The average Bonchev–Trinajstić information content (AvgIpc) is 2.91. The van der Waals surface area contributed by atoms with Crippen molar-refractivity contribution in [2.75, 3.05) is 7.11 Å². The Hall–Kier alpha value is -1.02. The molecular weight excluding hydrogens is 284 g/mol. The molecule has 0 radical (unpaired) electrons. The Bertz CT molecular complexity index is 594. The summed E-state index contributed by atoms with van der Waals surface area (Å²) in [6.45, 7) is 4.48. The molecule has 1 N–H and O–H groups in total. The zero-order chi connectivity index (χ0) is 16.2. The first-order valence-electron chi connectivity index (χ1n) is 9.39. The van der Waals surface area contributed by atoms with Gasteiger partial charge < -0.3 is 9.84 Å². The standard InChI is InChI=1S/C21H30O2/c1-13(22)19-8-9-20-18-6-4-14-12-15(23-3)5-7-16(14)17(18)10-11-21(19,20)2/h5,7,12-13,17-20,22H,4,6,8-11H2,1-3H3/t13-,17-,18-,19-,20-,21-/m1/s1. The molecule has 3 aliphatic carbocycles. The van der Waals surface area contributed by atoms with Gasteiger partial charge in [0.05, 0.1) is 13.2 Å². The van der Waals surface area contributed by atoms with E-state index >= 15 is 0 Å². The maximum absolute atomic E-state index is 10.3. The number of benzene rings is 1. The largest absolute Gasteiger partial charge is 0.497 e. The Balaban J connectivity index is 1.65. The van der Waals surface area contributed by atoms with Crippen LogP contribution in [0.2, 0.25) is 0 Å². The number of fused-ring (bicyclic) bond motifs is 5. The minimum absolute atomic E-state index is 0.151. The van der Waals surface area contributed by atoms with E-state index in [2.05, 4.69) is 25.1 Å². The fraction of sp³-hybridized carbons (Fsp3) is 0.714. The van der Waals surface area contributed by atoms with Crippen molar-refractivity contribution in [1.29, 1.82) is 0 Å². The first-order chi connectivity index (χ1) is 11.0. The van der Waals surface area contributed by atoms with Gasteiger partial charge in [-0.25, -0.2) is 0 Å². The van der Waals surface area contributed by atoms with Gasteiger partial charge in [-0.05, 0) is 97.8 Å². The Morgan fingerprint density at radius 2 is 2.04 bits per heavy atom. The van der Waals surface area contributed by atoms with E-state index in [0.29, 0.717) is 11.3 Å². The summed E-state index contributed by atoms with van der Waals surface area (Å²) in [4.78, 5) is 0. The molecule has 2 heteroatoms. The molecule has 0 amide bonds. The Morgan fingerprint density at radius 1 is 1.22 bits per heavy atom. The maximum Gasteiger partial charge on any atom is 0.119 e. The van der Waals surface area contributed by atoms with Crippen molar-refractivity contribution in [3.8, 4) is 5.75 Å². The molecule has 3 aliphatic rings. The molecule has 1 aromatic rings. The zero-order valence-corrected chi connectivity index (χ0v) is 14.7. The van der Waals surface area contributed by atoms with Crippen molar-refractivity contribution in [2.45, 2.75) is 64.4 Å². The van der Waals surface area contributed by atoms with E-state index in [0.717, 1.165) is 23.5 Å². The molecule has 0 bridgehead atoms. The topological polar surface area (TPSA) is 29.5 Å². The van der Waals surface area contributed by atoms with Crippen molar-refractivity contribution in [2.24, 2.45) is 23.2 Å². The molecule has 0 spiro atoms. The van der Waals surface area contributed by atoms with Gasteiger partial charge in [0.1, 0.15) is 5.75 Å². The van der Waals surface area contributed by atoms with Crippen LogP contribution in [0.5, 0.6) is 5.75 Å². The lowest BCUT2D eigenvalue weighted by atomic mass is 9.54. The van der Waals surface area contributed by atoms with Crippen LogP contribution in [-0.2, 0) is 6.42 Å². The van der Waals surface area contributed by atoms with Gasteiger partial charge in [-0.2, -0.15) is 0 Å². The first-order valence-corrected chi connectivity index (χ1v) is 9.39. The van der Waals surface area contributed by atoms with E-state index in [1.807, 2.05) is 6.92 Å². The fourth-order valence-electron chi connectivity index (χ4n) is 6.52. The van der Waals surface area contributed by atoms with Crippen LogP contribution in [0.25, 0.3) is 0 Å². The van der Waals surface area contributed by atoms with Gasteiger partial charge in [0, 0.05) is 0 Å². The summed E-state index contributed by atoms with van der Waals surface area (Å²) in [6.07, 6.45) is 7.47. The van der Waals surface area contributed by atoms with E-state index in [9.17, 15) is 5.11 Å². The van der Waals surface area contributed by atoms with E-state index < -0.39 is 0 Å². The minimum Gasteiger partial charge on any atom is -0.497 e. The highest BCUT2D eigenvalue weighted by atomic mass is 16.5. The molecule has 2 saturated carbocycles. The highest BCUT2D eigenvalue weighted by Crippen LogP contribution is 2.63. The van der Waals surface area contributed by atoms with Crippen LogP contribution >= 0.6 is 0 Å². The van der Waals surface area contributed by atoms with Crippen LogP contribution in [0.1, 0.15) is 63.0 Å². The lowest BCUT2D eigenvalue weighted by molar-refractivity contribution is -0.0180. The van der Waals surface area contributed by atoms with E-state index in [1.54, 1.807) is 12.7 Å². The molecule has 2 nitrogen and oxygen atoms in total. The van der Waals surface area contributed by atoms with Gasteiger partial charge in [0.2, 0.25) is 0 Å². The van der Waals surface area contributed by atoms with Crippen molar-refractivity contribution >= 4 is 0 Å². The number of methoxy groups -OCH3 is 1. The molecule has 0 aromatic heterocycles. The molecular formula is C21H30O2. The van der Waals surface area contributed by atoms with Gasteiger partial charge in [-0.1, -0.05) is 13.0 Å². The van der Waals surface area contributed by atoms with Gasteiger partial charge in [-0.3, -0.25) is 0 Å². The lowest BCUT2D eigenvalue weighted by Gasteiger charge is -2.51. The number of hydrogen-bond acceptors (Lipinski definition) is 2. The molecule has 126 valence electrons. The Kier molecular flexibility index (Phi) is 3.72. The summed E-state index contributed by atoms with van der Waals surface area (Å²) >= 11 is 0. The molecule has 1 aromatic carbocycles. The molecule has 4 rings (SSSR count). The van der Waals surface area contributed by atoms with Crippen LogP contribution in [0, 0.1) is 23.2 Å². The molecule has 2 fully saturated rings. The number of hydrogen-bond donors (Lipinski definition) is 1. The van der Waals surface area contributed by atoms with Crippen LogP contribution in [0.15, 0.2) is 18.2 Å². The van der Waals surface area contributed by atoms with Crippen LogP contribution in [0.3, 0.4) is 0 Å². The van der Waals surface area contributed by atoms with Crippen molar-refractivity contribution < 1.29 is 9.84 Å². The van der Waals surface area contributed by atoms with Crippen LogP contribution in [-0.4, -0.2) is 18.3 Å². The van der Waals surface area contributed by atoms with Crippen LogP contribution < -0.4 is 4.74 Å². The molecule has 0 saturated heterocycles. The summed E-state index contributed by atoms with van der Waals surface area (Å²) in [5.41, 5.74) is 3.46. The third-order valence-corrected chi connectivity index (χ3v) is 7.59. The average molecular weight is 314 g/mol. The molecule has 0 unspecified atom stereocenters. The first kappa shape index (κ1) is 15.5. The van der Waals surface area contributed by atoms with E-state index in [1.165, 1.54) is 44.1 Å². The molecule has 23 heavy (non-hydrogen) atoms. The summed E-state index contributed by atoms with van der Waals surface area (Å²) in [7, 11) is 1.76. The van der Waals surface area contributed by atoms with Gasteiger partial charge in [-0.15, -0.1) is 0 Å². The summed E-state index contributed by atoms with van der Waals surface area (Å²) in [5.74, 6) is 3.86.